The number of hydrogen-bond acceptors (Lipinski definition) is 5. The number of nitrogens with zero attached hydrogens (tertiary/aromatic N) is 1. The number of aromatic carboxylic acids is 1. The van der Waals surface area contributed by atoms with Crippen molar-refractivity contribution in [3.8, 4) is 0 Å². The van der Waals surface area contributed by atoms with Gasteiger partial charge in [0, 0.05) is 17.6 Å². The van der Waals surface area contributed by atoms with E-state index in [1.807, 2.05) is 6.92 Å². The lowest BCUT2D eigenvalue weighted by Crippen LogP contribution is -2.40. The van der Waals surface area contributed by atoms with Crippen molar-refractivity contribution in [1.29, 1.82) is 0 Å². The molecule has 1 heterocycles. The lowest BCUT2D eigenvalue weighted by molar-refractivity contribution is -0.117. The second-order valence-electron chi connectivity index (χ2n) is 3.77. The van der Waals surface area contributed by atoms with Gasteiger partial charge in [0.05, 0.1) is 5.75 Å². The third kappa shape index (κ3) is 5.70. The number of carboxylic acids is 1. The van der Waals surface area contributed by atoms with E-state index in [9.17, 15) is 14.4 Å². The van der Waals surface area contributed by atoms with Crippen molar-refractivity contribution < 1.29 is 19.5 Å². The third-order valence-electron chi connectivity index (χ3n) is 2.11. The summed E-state index contributed by atoms with van der Waals surface area (Å²) in [4.78, 5) is 37.7. The zero-order valence-electron chi connectivity index (χ0n) is 10.9. The minimum Gasteiger partial charge on any atom is -0.477 e. The van der Waals surface area contributed by atoms with Crippen LogP contribution in [0.5, 0.6) is 0 Å². The van der Waals surface area contributed by atoms with E-state index in [1.54, 1.807) is 6.07 Å². The predicted molar refractivity (Wildman–Crippen MR) is 73.8 cm³/mol. The molecule has 20 heavy (non-hydrogen) atoms. The van der Waals surface area contributed by atoms with Crippen molar-refractivity contribution in [2.45, 2.75) is 18.2 Å². The zero-order valence-corrected chi connectivity index (χ0v) is 11.7. The number of rotatable bonds is 6. The highest BCUT2D eigenvalue weighted by Gasteiger charge is 2.09. The average molecular weight is 297 g/mol. The molecule has 0 saturated heterocycles. The van der Waals surface area contributed by atoms with Crippen LogP contribution in [0, 0.1) is 0 Å². The SMILES string of the molecule is CCCNC(=O)NC(=O)CSc1ccnc(C(=O)O)c1. The molecule has 8 heteroatoms. The molecule has 0 unspecified atom stereocenters. The lowest BCUT2D eigenvalue weighted by Gasteiger charge is -2.05. The largest absolute Gasteiger partial charge is 0.477 e. The van der Waals surface area contributed by atoms with Crippen molar-refractivity contribution in [3.05, 3.63) is 24.0 Å². The van der Waals surface area contributed by atoms with Gasteiger partial charge in [0.2, 0.25) is 5.91 Å². The average Bonchev–Trinajstić information content (AvgIpc) is 2.43. The van der Waals surface area contributed by atoms with Crippen molar-refractivity contribution >= 4 is 29.7 Å². The maximum atomic E-state index is 11.5. The van der Waals surface area contributed by atoms with E-state index in [0.29, 0.717) is 11.4 Å². The molecule has 0 bridgehead atoms. The summed E-state index contributed by atoms with van der Waals surface area (Å²) < 4.78 is 0. The van der Waals surface area contributed by atoms with Gasteiger partial charge in [-0.25, -0.2) is 14.6 Å². The molecule has 0 spiro atoms. The number of nitrogens with one attached hydrogen (secondary N) is 2. The Labute approximate surface area is 120 Å². The fraction of sp³-hybridized carbons (Fsp3) is 0.333. The third-order valence-corrected chi connectivity index (χ3v) is 3.10. The zero-order chi connectivity index (χ0) is 15.0. The first-order chi connectivity index (χ1) is 9.52. The second-order valence-corrected chi connectivity index (χ2v) is 4.82. The van der Waals surface area contributed by atoms with E-state index in [-0.39, 0.29) is 11.4 Å². The number of pyridine rings is 1. The first-order valence-electron chi connectivity index (χ1n) is 5.92. The van der Waals surface area contributed by atoms with Crippen LogP contribution in [-0.4, -0.2) is 40.3 Å². The van der Waals surface area contributed by atoms with Crippen molar-refractivity contribution in [1.82, 2.24) is 15.6 Å². The minimum absolute atomic E-state index is 0.0165. The monoisotopic (exact) mass is 297 g/mol. The molecule has 0 aromatic carbocycles. The number of urea groups is 1. The second kappa shape index (κ2) is 8.16. The Balaban J connectivity index is 2.43. The van der Waals surface area contributed by atoms with E-state index in [4.69, 9.17) is 5.11 Å². The lowest BCUT2D eigenvalue weighted by atomic mass is 10.3. The van der Waals surface area contributed by atoms with E-state index in [2.05, 4.69) is 15.6 Å². The van der Waals surface area contributed by atoms with Gasteiger partial charge in [-0.3, -0.25) is 10.1 Å². The molecule has 0 radical (unpaired) electrons. The molecular formula is C12H15N3O4S. The van der Waals surface area contributed by atoms with Crippen LogP contribution in [0.4, 0.5) is 4.79 Å². The van der Waals surface area contributed by atoms with Crippen molar-refractivity contribution in [3.63, 3.8) is 0 Å². The number of thioether (sulfide) groups is 1. The first kappa shape index (κ1) is 16.0. The van der Waals surface area contributed by atoms with Gasteiger partial charge in [-0.15, -0.1) is 11.8 Å². The Bertz CT molecular complexity index is 507. The maximum absolute atomic E-state index is 11.5. The standard InChI is InChI=1S/C12H15N3O4S/c1-2-4-14-12(19)15-10(16)7-20-8-3-5-13-9(6-8)11(17)18/h3,5-6H,2,4,7H2,1H3,(H,17,18)(H2,14,15,16,19). The summed E-state index contributed by atoms with van der Waals surface area (Å²) in [5, 5.41) is 13.5. The van der Waals surface area contributed by atoms with Crippen LogP contribution in [0.15, 0.2) is 23.2 Å². The quantitative estimate of drug-likeness (QED) is 0.679. The highest BCUT2D eigenvalue weighted by atomic mass is 32.2. The highest BCUT2D eigenvalue weighted by Crippen LogP contribution is 2.17. The van der Waals surface area contributed by atoms with Crippen LogP contribution >= 0.6 is 11.8 Å². The Morgan fingerprint density at radius 1 is 1.40 bits per heavy atom. The van der Waals surface area contributed by atoms with Gasteiger partial charge < -0.3 is 10.4 Å². The van der Waals surface area contributed by atoms with Gasteiger partial charge in [0.1, 0.15) is 5.69 Å². The molecule has 7 nitrogen and oxygen atoms in total. The summed E-state index contributed by atoms with van der Waals surface area (Å²) in [6.07, 6.45) is 2.14. The Kier molecular flexibility index (Phi) is 6.51. The van der Waals surface area contributed by atoms with E-state index < -0.39 is 17.9 Å². The van der Waals surface area contributed by atoms with E-state index in [0.717, 1.165) is 18.2 Å². The highest BCUT2D eigenvalue weighted by molar-refractivity contribution is 8.00. The molecule has 0 aliphatic heterocycles. The summed E-state index contributed by atoms with van der Waals surface area (Å²) in [6.45, 7) is 2.40. The molecule has 0 fully saturated rings. The van der Waals surface area contributed by atoms with Crippen molar-refractivity contribution in [2.24, 2.45) is 0 Å². The number of carbonyl (C=O) groups excluding carboxylic acids is 2. The summed E-state index contributed by atoms with van der Waals surface area (Å²) in [5.74, 6) is -1.56. The summed E-state index contributed by atoms with van der Waals surface area (Å²) in [5.41, 5.74) is -0.0869. The van der Waals surface area contributed by atoms with Crippen LogP contribution in [0.3, 0.4) is 0 Å². The van der Waals surface area contributed by atoms with Crippen molar-refractivity contribution in [2.75, 3.05) is 12.3 Å². The van der Waals surface area contributed by atoms with Crippen LogP contribution in [0.2, 0.25) is 0 Å². The normalized spacial score (nSPS) is 9.85. The molecule has 1 aromatic rings. The molecule has 0 atom stereocenters. The summed E-state index contributed by atoms with van der Waals surface area (Å²) in [7, 11) is 0. The Morgan fingerprint density at radius 3 is 2.80 bits per heavy atom. The van der Waals surface area contributed by atoms with Crippen LogP contribution in [0.1, 0.15) is 23.8 Å². The van der Waals surface area contributed by atoms with Gasteiger partial charge in [0.25, 0.3) is 0 Å². The molecule has 0 aliphatic carbocycles. The molecule has 3 amide bonds. The fourth-order valence-corrected chi connectivity index (χ4v) is 1.93. The van der Waals surface area contributed by atoms with Crippen LogP contribution in [-0.2, 0) is 4.79 Å². The molecule has 0 saturated carbocycles. The molecule has 3 N–H and O–H groups in total. The molecule has 1 rings (SSSR count). The maximum Gasteiger partial charge on any atom is 0.354 e. The topological polar surface area (TPSA) is 108 Å². The van der Waals surface area contributed by atoms with Crippen LogP contribution in [0.25, 0.3) is 0 Å². The van der Waals surface area contributed by atoms with Gasteiger partial charge >= 0.3 is 12.0 Å². The van der Waals surface area contributed by atoms with Gasteiger partial charge in [-0.1, -0.05) is 6.92 Å². The molecule has 0 aliphatic rings. The number of imide groups is 1. The molecular weight excluding hydrogens is 282 g/mol. The smallest absolute Gasteiger partial charge is 0.354 e. The van der Waals surface area contributed by atoms with E-state index in [1.165, 1.54) is 12.3 Å². The Morgan fingerprint density at radius 2 is 2.15 bits per heavy atom. The molecule has 108 valence electrons. The predicted octanol–water partition coefficient (Wildman–Crippen LogP) is 1.11. The fourth-order valence-electron chi connectivity index (χ4n) is 1.21. The van der Waals surface area contributed by atoms with Gasteiger partial charge in [-0.05, 0) is 18.6 Å². The summed E-state index contributed by atoms with van der Waals surface area (Å²) in [6, 6.07) is 2.44. The number of carbonyl (C=O) groups is 3. The Hall–Kier alpha value is -2.09. The number of aromatic nitrogens is 1. The van der Waals surface area contributed by atoms with Gasteiger partial charge in [0.15, 0.2) is 0 Å². The molecule has 1 aromatic heterocycles. The number of carboxylic acid groups (broad SMARTS) is 1. The minimum atomic E-state index is -1.13. The van der Waals surface area contributed by atoms with Gasteiger partial charge in [-0.2, -0.15) is 0 Å². The number of amides is 3. The number of hydrogen-bond donors (Lipinski definition) is 3. The first-order valence-corrected chi connectivity index (χ1v) is 6.91. The van der Waals surface area contributed by atoms with E-state index >= 15 is 0 Å². The van der Waals surface area contributed by atoms with Crippen LogP contribution < -0.4 is 10.6 Å². The summed E-state index contributed by atoms with van der Waals surface area (Å²) >= 11 is 1.13.